The molecule has 2 aliphatic rings. The SMILES string of the molecule is COc1ccc(S(=O)(=O)N(C[C@H]2CCOC2)C2CC2)cc1C. The van der Waals surface area contributed by atoms with Gasteiger partial charge in [-0.05, 0) is 55.9 Å². The molecule has 0 amide bonds. The van der Waals surface area contributed by atoms with Crippen LogP contribution in [0.15, 0.2) is 23.1 Å². The lowest BCUT2D eigenvalue weighted by Crippen LogP contribution is -2.37. The zero-order valence-electron chi connectivity index (χ0n) is 13.1. The molecule has 1 aromatic rings. The summed E-state index contributed by atoms with van der Waals surface area (Å²) in [5.74, 6) is 1.02. The summed E-state index contributed by atoms with van der Waals surface area (Å²) in [6, 6.07) is 5.23. The average molecular weight is 325 g/mol. The van der Waals surface area contributed by atoms with Crippen molar-refractivity contribution < 1.29 is 17.9 Å². The number of benzene rings is 1. The molecule has 1 aliphatic heterocycles. The topological polar surface area (TPSA) is 55.8 Å². The molecule has 122 valence electrons. The quantitative estimate of drug-likeness (QED) is 0.804. The monoisotopic (exact) mass is 325 g/mol. The summed E-state index contributed by atoms with van der Waals surface area (Å²) >= 11 is 0. The van der Waals surface area contributed by atoms with Crippen molar-refractivity contribution in [3.05, 3.63) is 23.8 Å². The molecular formula is C16H23NO4S. The van der Waals surface area contributed by atoms with Crippen LogP contribution >= 0.6 is 0 Å². The summed E-state index contributed by atoms with van der Waals surface area (Å²) in [6.45, 7) is 3.84. The molecule has 1 saturated carbocycles. The maximum absolute atomic E-state index is 13.0. The van der Waals surface area contributed by atoms with Gasteiger partial charge in [0, 0.05) is 19.2 Å². The van der Waals surface area contributed by atoms with Crippen molar-refractivity contribution in [2.75, 3.05) is 26.9 Å². The zero-order chi connectivity index (χ0) is 15.7. The first-order valence-electron chi connectivity index (χ1n) is 7.76. The third-order valence-electron chi connectivity index (χ3n) is 4.39. The van der Waals surface area contributed by atoms with Crippen LogP contribution in [0.4, 0.5) is 0 Å². The van der Waals surface area contributed by atoms with E-state index in [1.807, 2.05) is 6.92 Å². The van der Waals surface area contributed by atoms with Crippen LogP contribution in [0.25, 0.3) is 0 Å². The Morgan fingerprint density at radius 2 is 2.09 bits per heavy atom. The third-order valence-corrected chi connectivity index (χ3v) is 6.30. The lowest BCUT2D eigenvalue weighted by molar-refractivity contribution is 0.180. The molecule has 3 rings (SSSR count). The van der Waals surface area contributed by atoms with E-state index in [1.54, 1.807) is 29.6 Å². The summed E-state index contributed by atoms with van der Waals surface area (Å²) in [4.78, 5) is 0.358. The second-order valence-corrected chi connectivity index (χ2v) is 8.06. The van der Waals surface area contributed by atoms with E-state index in [9.17, 15) is 8.42 Å². The highest BCUT2D eigenvalue weighted by Gasteiger charge is 2.39. The van der Waals surface area contributed by atoms with E-state index in [2.05, 4.69) is 0 Å². The maximum atomic E-state index is 13.0. The van der Waals surface area contributed by atoms with Crippen LogP contribution in [0.5, 0.6) is 5.75 Å². The normalized spacial score (nSPS) is 22.2. The van der Waals surface area contributed by atoms with Crippen molar-refractivity contribution in [3.8, 4) is 5.75 Å². The van der Waals surface area contributed by atoms with Gasteiger partial charge in [-0.15, -0.1) is 0 Å². The van der Waals surface area contributed by atoms with E-state index >= 15 is 0 Å². The van der Waals surface area contributed by atoms with Gasteiger partial charge in [-0.3, -0.25) is 0 Å². The molecule has 0 spiro atoms. The van der Waals surface area contributed by atoms with Gasteiger partial charge in [-0.1, -0.05) is 0 Å². The number of hydrogen-bond acceptors (Lipinski definition) is 4. The minimum atomic E-state index is -3.45. The van der Waals surface area contributed by atoms with Gasteiger partial charge in [0.25, 0.3) is 0 Å². The third kappa shape index (κ3) is 3.14. The van der Waals surface area contributed by atoms with E-state index in [4.69, 9.17) is 9.47 Å². The molecular weight excluding hydrogens is 302 g/mol. The molecule has 2 fully saturated rings. The predicted octanol–water partition coefficient (Wildman–Crippen LogP) is 2.19. The molecule has 6 heteroatoms. The molecule has 0 unspecified atom stereocenters. The summed E-state index contributed by atoms with van der Waals surface area (Å²) in [5.41, 5.74) is 0.837. The van der Waals surface area contributed by atoms with Crippen molar-refractivity contribution in [2.45, 2.75) is 37.1 Å². The molecule has 1 aliphatic carbocycles. The van der Waals surface area contributed by atoms with Crippen LogP contribution in [-0.4, -0.2) is 45.6 Å². The van der Waals surface area contributed by atoms with Crippen LogP contribution < -0.4 is 4.74 Å². The first kappa shape index (κ1) is 15.8. The highest BCUT2D eigenvalue weighted by atomic mass is 32.2. The first-order chi connectivity index (χ1) is 10.5. The van der Waals surface area contributed by atoms with Crippen LogP contribution in [0.1, 0.15) is 24.8 Å². The minimum Gasteiger partial charge on any atom is -0.496 e. The van der Waals surface area contributed by atoms with Crippen molar-refractivity contribution in [1.29, 1.82) is 0 Å². The molecule has 0 radical (unpaired) electrons. The summed E-state index contributed by atoms with van der Waals surface area (Å²) in [7, 11) is -1.86. The Kier molecular flexibility index (Phi) is 4.43. The standard InChI is InChI=1S/C16H23NO4S/c1-12-9-15(5-6-16(12)20-2)22(18,19)17(14-3-4-14)10-13-7-8-21-11-13/h5-6,9,13-14H,3-4,7-8,10-11H2,1-2H3/t13-/m1/s1. The second kappa shape index (κ2) is 6.18. The average Bonchev–Trinajstić information content (AvgIpc) is 3.20. The number of sulfonamides is 1. The molecule has 0 aromatic heterocycles. The van der Waals surface area contributed by atoms with Gasteiger partial charge in [-0.2, -0.15) is 4.31 Å². The minimum absolute atomic E-state index is 0.160. The van der Waals surface area contributed by atoms with Crippen molar-refractivity contribution in [1.82, 2.24) is 4.31 Å². The van der Waals surface area contributed by atoms with Crippen molar-refractivity contribution >= 4 is 10.0 Å². The second-order valence-electron chi connectivity index (χ2n) is 6.17. The Balaban J connectivity index is 1.86. The molecule has 1 saturated heterocycles. The van der Waals surface area contributed by atoms with Gasteiger partial charge in [-0.25, -0.2) is 8.42 Å². The summed E-state index contributed by atoms with van der Waals surface area (Å²) in [6.07, 6.45) is 2.87. The number of nitrogens with zero attached hydrogens (tertiary/aromatic N) is 1. The fourth-order valence-electron chi connectivity index (χ4n) is 2.93. The van der Waals surface area contributed by atoms with Crippen molar-refractivity contribution in [3.63, 3.8) is 0 Å². The molecule has 5 nitrogen and oxygen atoms in total. The van der Waals surface area contributed by atoms with Gasteiger partial charge >= 0.3 is 0 Å². The molecule has 0 bridgehead atoms. The number of ether oxygens (including phenoxy) is 2. The Hall–Kier alpha value is -1.11. The Labute approximate surface area is 132 Å². The largest absolute Gasteiger partial charge is 0.496 e. The first-order valence-corrected chi connectivity index (χ1v) is 9.20. The number of hydrogen-bond donors (Lipinski definition) is 0. The van der Waals surface area contributed by atoms with E-state index in [0.717, 1.165) is 31.4 Å². The number of rotatable bonds is 6. The smallest absolute Gasteiger partial charge is 0.243 e. The zero-order valence-corrected chi connectivity index (χ0v) is 13.9. The van der Waals surface area contributed by atoms with E-state index in [1.165, 1.54) is 0 Å². The van der Waals surface area contributed by atoms with Crippen molar-refractivity contribution in [2.24, 2.45) is 5.92 Å². The summed E-state index contributed by atoms with van der Waals surface area (Å²) in [5, 5.41) is 0. The molecule has 0 N–H and O–H groups in total. The molecule has 1 heterocycles. The van der Waals surface area contributed by atoms with E-state index in [-0.39, 0.29) is 6.04 Å². The fourth-order valence-corrected chi connectivity index (χ4v) is 4.78. The van der Waals surface area contributed by atoms with Crippen LogP contribution in [0.3, 0.4) is 0 Å². The number of aryl methyl sites for hydroxylation is 1. The maximum Gasteiger partial charge on any atom is 0.243 e. The van der Waals surface area contributed by atoms with Gasteiger partial charge in [0.1, 0.15) is 5.75 Å². The highest BCUT2D eigenvalue weighted by molar-refractivity contribution is 7.89. The summed E-state index contributed by atoms with van der Waals surface area (Å²) < 4.78 is 38.3. The lowest BCUT2D eigenvalue weighted by Gasteiger charge is -2.24. The Bertz CT molecular complexity index is 634. The number of methoxy groups -OCH3 is 1. The van der Waals surface area contributed by atoms with Gasteiger partial charge in [0.15, 0.2) is 0 Å². The lowest BCUT2D eigenvalue weighted by atomic mass is 10.1. The van der Waals surface area contributed by atoms with Crippen LogP contribution in [-0.2, 0) is 14.8 Å². The Morgan fingerprint density at radius 1 is 1.32 bits per heavy atom. The fraction of sp³-hybridized carbons (Fsp3) is 0.625. The van der Waals surface area contributed by atoms with Crippen LogP contribution in [0.2, 0.25) is 0 Å². The Morgan fingerprint density at radius 3 is 2.64 bits per heavy atom. The predicted molar refractivity (Wildman–Crippen MR) is 83.6 cm³/mol. The molecule has 1 atom stereocenters. The van der Waals surface area contributed by atoms with E-state index < -0.39 is 10.0 Å². The van der Waals surface area contributed by atoms with Gasteiger partial charge in [0.2, 0.25) is 10.0 Å². The highest BCUT2D eigenvalue weighted by Crippen LogP contribution is 2.34. The van der Waals surface area contributed by atoms with Crippen LogP contribution in [0, 0.1) is 12.8 Å². The van der Waals surface area contributed by atoms with Gasteiger partial charge in [0.05, 0.1) is 18.6 Å². The molecule has 22 heavy (non-hydrogen) atoms. The van der Waals surface area contributed by atoms with Gasteiger partial charge < -0.3 is 9.47 Å². The van der Waals surface area contributed by atoms with E-state index in [0.29, 0.717) is 29.7 Å². The molecule has 1 aromatic carbocycles.